The van der Waals surface area contributed by atoms with Gasteiger partial charge in [0.05, 0.1) is 10.0 Å². The van der Waals surface area contributed by atoms with Gasteiger partial charge in [0, 0.05) is 11.8 Å². The molecule has 0 radical (unpaired) electrons. The highest BCUT2D eigenvalue weighted by Gasteiger charge is 2.49. The van der Waals surface area contributed by atoms with Gasteiger partial charge in [-0.05, 0) is 48.9 Å². The summed E-state index contributed by atoms with van der Waals surface area (Å²) in [6.45, 7) is 1.10. The minimum atomic E-state index is -1.37. The Kier molecular flexibility index (Phi) is 6.26. The zero-order valence-corrected chi connectivity index (χ0v) is 19.0. The Balaban J connectivity index is 1.44. The Morgan fingerprint density at radius 1 is 0.970 bits per heavy atom. The van der Waals surface area contributed by atoms with Gasteiger partial charge in [-0.25, -0.2) is 4.79 Å². The molecule has 3 aromatic carbocycles. The fourth-order valence-electron chi connectivity index (χ4n) is 3.45. The molecule has 0 aromatic heterocycles. The van der Waals surface area contributed by atoms with Gasteiger partial charge in [0.15, 0.2) is 0 Å². The fourth-order valence-corrected chi connectivity index (χ4v) is 3.75. The number of anilines is 1. The Morgan fingerprint density at radius 3 is 2.42 bits per heavy atom. The third-order valence-corrected chi connectivity index (χ3v) is 5.91. The lowest BCUT2D eigenvalue weighted by Crippen LogP contribution is -2.42. The largest absolute Gasteiger partial charge is 0.457 e. The van der Waals surface area contributed by atoms with E-state index in [-0.39, 0.29) is 5.02 Å². The Labute approximate surface area is 200 Å². The maximum Gasteiger partial charge on any atom is 0.325 e. The Bertz CT molecular complexity index is 1240. The number of amides is 4. The van der Waals surface area contributed by atoms with E-state index in [1.165, 1.54) is 6.07 Å². The molecule has 168 valence electrons. The number of benzene rings is 3. The molecule has 9 heteroatoms. The van der Waals surface area contributed by atoms with Gasteiger partial charge in [0.25, 0.3) is 5.91 Å². The third-order valence-electron chi connectivity index (χ3n) is 5.17. The van der Waals surface area contributed by atoms with Crippen molar-refractivity contribution in [2.24, 2.45) is 0 Å². The fraction of sp³-hybridized carbons (Fsp3) is 0.125. The number of para-hydroxylation sites is 1. The van der Waals surface area contributed by atoms with Gasteiger partial charge in [-0.3, -0.25) is 14.5 Å². The number of carbonyl (C=O) groups excluding carboxylic acids is 3. The maximum atomic E-state index is 13.0. The minimum absolute atomic E-state index is 0.256. The van der Waals surface area contributed by atoms with E-state index < -0.39 is 29.9 Å². The number of nitrogens with one attached hydrogen (secondary N) is 2. The van der Waals surface area contributed by atoms with Gasteiger partial charge >= 0.3 is 6.03 Å². The van der Waals surface area contributed by atoms with Crippen LogP contribution in [0.3, 0.4) is 0 Å². The van der Waals surface area contributed by atoms with Crippen molar-refractivity contribution in [3.05, 3.63) is 88.4 Å². The molecule has 3 aromatic rings. The van der Waals surface area contributed by atoms with Gasteiger partial charge in [0.1, 0.15) is 23.6 Å². The van der Waals surface area contributed by atoms with E-state index in [9.17, 15) is 14.4 Å². The molecule has 1 aliphatic rings. The number of imide groups is 1. The highest BCUT2D eigenvalue weighted by molar-refractivity contribution is 6.42. The summed E-state index contributed by atoms with van der Waals surface area (Å²) in [7, 11) is 0. The molecule has 7 nitrogen and oxygen atoms in total. The molecule has 0 bridgehead atoms. The summed E-state index contributed by atoms with van der Waals surface area (Å²) in [6.07, 6.45) is 0. The molecule has 1 aliphatic heterocycles. The molecule has 0 spiro atoms. The second-order valence-electron chi connectivity index (χ2n) is 7.57. The summed E-state index contributed by atoms with van der Waals surface area (Å²) in [4.78, 5) is 39.0. The Hall–Kier alpha value is -3.55. The smallest absolute Gasteiger partial charge is 0.325 e. The minimum Gasteiger partial charge on any atom is -0.457 e. The lowest BCUT2D eigenvalue weighted by Gasteiger charge is -2.22. The van der Waals surface area contributed by atoms with Crippen LogP contribution in [0, 0.1) is 0 Å². The number of rotatable bonds is 6. The molecule has 1 unspecified atom stereocenters. The molecule has 1 fully saturated rings. The van der Waals surface area contributed by atoms with Crippen molar-refractivity contribution < 1.29 is 19.1 Å². The predicted octanol–water partition coefficient (Wildman–Crippen LogP) is 5.19. The summed E-state index contributed by atoms with van der Waals surface area (Å²) < 4.78 is 5.76. The van der Waals surface area contributed by atoms with E-state index in [1.807, 2.05) is 30.3 Å². The molecular formula is C24H19Cl2N3O4. The van der Waals surface area contributed by atoms with Crippen LogP contribution in [0.4, 0.5) is 10.5 Å². The predicted molar refractivity (Wildman–Crippen MR) is 126 cm³/mol. The van der Waals surface area contributed by atoms with Crippen LogP contribution >= 0.6 is 23.2 Å². The van der Waals surface area contributed by atoms with Crippen molar-refractivity contribution >= 4 is 46.7 Å². The number of nitrogens with zero attached hydrogens (tertiary/aromatic N) is 1. The van der Waals surface area contributed by atoms with E-state index in [0.29, 0.717) is 27.8 Å². The molecule has 4 rings (SSSR count). The average Bonchev–Trinajstić information content (AvgIpc) is 3.00. The van der Waals surface area contributed by atoms with Crippen LogP contribution in [0.2, 0.25) is 10.0 Å². The monoisotopic (exact) mass is 483 g/mol. The van der Waals surface area contributed by atoms with E-state index >= 15 is 0 Å². The molecule has 1 saturated heterocycles. The number of ether oxygens (including phenoxy) is 1. The summed E-state index contributed by atoms with van der Waals surface area (Å²) in [6, 6.07) is 20.0. The summed E-state index contributed by atoms with van der Waals surface area (Å²) >= 11 is 12.0. The molecule has 4 amide bonds. The topological polar surface area (TPSA) is 87.7 Å². The second kappa shape index (κ2) is 9.13. The lowest BCUT2D eigenvalue weighted by molar-refractivity contribution is -0.133. The third kappa shape index (κ3) is 4.79. The summed E-state index contributed by atoms with van der Waals surface area (Å²) in [5.41, 5.74) is -0.439. The zero-order chi connectivity index (χ0) is 23.6. The molecule has 1 heterocycles. The van der Waals surface area contributed by atoms with Crippen LogP contribution < -0.4 is 15.4 Å². The van der Waals surface area contributed by atoms with Crippen LogP contribution in [0.1, 0.15) is 12.5 Å². The number of carbonyl (C=O) groups is 3. The second-order valence-corrected chi connectivity index (χ2v) is 8.38. The highest BCUT2D eigenvalue weighted by atomic mass is 35.5. The van der Waals surface area contributed by atoms with Crippen molar-refractivity contribution in [3.63, 3.8) is 0 Å². The number of hydrogen-bond acceptors (Lipinski definition) is 4. The molecule has 0 aliphatic carbocycles. The lowest BCUT2D eigenvalue weighted by atomic mass is 9.92. The molecule has 0 saturated carbocycles. The maximum absolute atomic E-state index is 13.0. The molecular weight excluding hydrogens is 465 g/mol. The molecule has 1 atom stereocenters. The van der Waals surface area contributed by atoms with Crippen LogP contribution in [-0.4, -0.2) is 29.3 Å². The van der Waals surface area contributed by atoms with Gasteiger partial charge < -0.3 is 15.4 Å². The molecule has 33 heavy (non-hydrogen) atoms. The van der Waals surface area contributed by atoms with E-state index in [4.69, 9.17) is 27.9 Å². The number of hydrogen-bond donors (Lipinski definition) is 2. The van der Waals surface area contributed by atoms with Crippen LogP contribution in [0.25, 0.3) is 0 Å². The average molecular weight is 484 g/mol. The Morgan fingerprint density at radius 2 is 1.70 bits per heavy atom. The van der Waals surface area contributed by atoms with Gasteiger partial charge in [-0.1, -0.05) is 53.5 Å². The number of halogens is 2. The highest BCUT2D eigenvalue weighted by Crippen LogP contribution is 2.33. The quantitative estimate of drug-likeness (QED) is 0.472. The van der Waals surface area contributed by atoms with Crippen molar-refractivity contribution in [1.29, 1.82) is 0 Å². The normalized spacial score (nSPS) is 17.6. The SMILES string of the molecule is CC1(c2ccc(Cl)c(Cl)c2)NC(=O)N(CC(=O)Nc2cccc(Oc3ccccc3)c2)C1=O. The molecule has 2 N–H and O–H groups in total. The van der Waals surface area contributed by atoms with Crippen molar-refractivity contribution in [2.45, 2.75) is 12.5 Å². The van der Waals surface area contributed by atoms with Gasteiger partial charge in [-0.15, -0.1) is 0 Å². The first-order valence-corrected chi connectivity index (χ1v) is 10.7. The zero-order valence-electron chi connectivity index (χ0n) is 17.5. The summed E-state index contributed by atoms with van der Waals surface area (Å²) in [5.74, 6) is 0.0824. The standard InChI is InChI=1S/C24H19Cl2N3O4/c1-24(15-10-11-19(25)20(26)12-15)22(31)29(23(32)28-24)14-21(30)27-16-6-5-9-18(13-16)33-17-7-3-2-4-8-17/h2-13H,14H2,1H3,(H,27,30)(H,28,32). The first kappa shape index (κ1) is 22.6. The first-order valence-electron chi connectivity index (χ1n) is 9.99. The number of urea groups is 1. The van der Waals surface area contributed by atoms with Crippen molar-refractivity contribution in [3.8, 4) is 11.5 Å². The van der Waals surface area contributed by atoms with E-state index in [0.717, 1.165) is 4.90 Å². The van der Waals surface area contributed by atoms with E-state index in [1.54, 1.807) is 43.3 Å². The summed E-state index contributed by atoms with van der Waals surface area (Å²) in [5, 5.41) is 5.91. The van der Waals surface area contributed by atoms with Crippen molar-refractivity contribution in [2.75, 3.05) is 11.9 Å². The van der Waals surface area contributed by atoms with Gasteiger partial charge in [0.2, 0.25) is 5.91 Å². The first-order chi connectivity index (χ1) is 15.8. The van der Waals surface area contributed by atoms with Gasteiger partial charge in [-0.2, -0.15) is 0 Å². The van der Waals surface area contributed by atoms with Crippen LogP contribution in [0.5, 0.6) is 11.5 Å². The van der Waals surface area contributed by atoms with Crippen molar-refractivity contribution in [1.82, 2.24) is 10.2 Å². The van der Waals surface area contributed by atoms with Crippen LogP contribution in [-0.2, 0) is 15.1 Å². The van der Waals surface area contributed by atoms with E-state index in [2.05, 4.69) is 10.6 Å². The van der Waals surface area contributed by atoms with Crippen LogP contribution in [0.15, 0.2) is 72.8 Å².